The number of benzene rings is 2. The number of hydrogen-bond donors (Lipinski definition) is 1. The zero-order valence-corrected chi connectivity index (χ0v) is 14.0. The van der Waals surface area contributed by atoms with Crippen molar-refractivity contribution in [3.8, 4) is 17.0 Å². The molecule has 2 aromatic carbocycles. The van der Waals surface area contributed by atoms with Gasteiger partial charge in [0.15, 0.2) is 16.8 Å². The first-order valence-corrected chi connectivity index (χ1v) is 8.17. The molecule has 1 N–H and O–H groups in total. The quantitative estimate of drug-likeness (QED) is 0.610. The molecule has 1 aromatic heterocycles. The molecule has 0 atom stereocenters. The summed E-state index contributed by atoms with van der Waals surface area (Å²) in [5.74, 6) is -3.05. The third-order valence-corrected chi connectivity index (χ3v) is 4.05. The Morgan fingerprint density at radius 1 is 1.04 bits per heavy atom. The van der Waals surface area contributed by atoms with E-state index in [9.17, 15) is 26.7 Å². The van der Waals surface area contributed by atoms with Crippen LogP contribution in [0.2, 0.25) is 0 Å². The SMILES string of the molecule is O=C(Nc1nc(-c2ccc(F)c(F)c2)cs1)c1ccc(OC(F)(F)F)cc1. The Labute approximate surface area is 153 Å². The van der Waals surface area contributed by atoms with E-state index in [0.717, 1.165) is 35.6 Å². The lowest BCUT2D eigenvalue weighted by Gasteiger charge is -2.09. The van der Waals surface area contributed by atoms with E-state index in [2.05, 4.69) is 15.0 Å². The van der Waals surface area contributed by atoms with Gasteiger partial charge >= 0.3 is 6.36 Å². The van der Waals surface area contributed by atoms with Gasteiger partial charge in [0, 0.05) is 16.5 Å². The van der Waals surface area contributed by atoms with Gasteiger partial charge in [0.25, 0.3) is 5.91 Å². The third-order valence-electron chi connectivity index (χ3n) is 3.29. The molecule has 0 bridgehead atoms. The fraction of sp³-hybridized carbons (Fsp3) is 0.0588. The molecule has 0 saturated heterocycles. The molecular formula is C17H9F5N2O2S. The van der Waals surface area contributed by atoms with Crippen molar-refractivity contribution in [1.29, 1.82) is 0 Å². The molecule has 0 aliphatic rings. The molecule has 0 saturated carbocycles. The van der Waals surface area contributed by atoms with Crippen LogP contribution in [0.3, 0.4) is 0 Å². The van der Waals surface area contributed by atoms with Crippen LogP contribution in [0.5, 0.6) is 5.75 Å². The molecule has 0 unspecified atom stereocenters. The molecule has 27 heavy (non-hydrogen) atoms. The topological polar surface area (TPSA) is 51.2 Å². The average molecular weight is 400 g/mol. The highest BCUT2D eigenvalue weighted by molar-refractivity contribution is 7.14. The number of carbonyl (C=O) groups is 1. The highest BCUT2D eigenvalue weighted by Crippen LogP contribution is 2.27. The van der Waals surface area contributed by atoms with Crippen molar-refractivity contribution in [3.05, 3.63) is 65.0 Å². The molecule has 3 aromatic rings. The van der Waals surface area contributed by atoms with Crippen LogP contribution in [0.4, 0.5) is 27.1 Å². The predicted octanol–water partition coefficient (Wildman–Crippen LogP) is 5.24. The number of alkyl halides is 3. The largest absolute Gasteiger partial charge is 0.573 e. The number of anilines is 1. The summed E-state index contributed by atoms with van der Waals surface area (Å²) < 4.78 is 66.4. The molecule has 0 spiro atoms. The number of carbonyl (C=O) groups excluding carboxylic acids is 1. The maximum absolute atomic E-state index is 13.3. The summed E-state index contributed by atoms with van der Waals surface area (Å²) in [6.45, 7) is 0. The van der Waals surface area contributed by atoms with E-state index in [4.69, 9.17) is 0 Å². The summed E-state index contributed by atoms with van der Waals surface area (Å²) in [5.41, 5.74) is 0.761. The van der Waals surface area contributed by atoms with Crippen LogP contribution >= 0.6 is 11.3 Å². The Kier molecular flexibility index (Phi) is 5.08. The molecule has 140 valence electrons. The number of amides is 1. The summed E-state index contributed by atoms with van der Waals surface area (Å²) in [4.78, 5) is 16.2. The first-order chi connectivity index (χ1) is 12.7. The first-order valence-electron chi connectivity index (χ1n) is 7.29. The Bertz CT molecular complexity index is 970. The van der Waals surface area contributed by atoms with Crippen LogP contribution in [0, 0.1) is 11.6 Å². The van der Waals surface area contributed by atoms with Gasteiger partial charge in [-0.15, -0.1) is 24.5 Å². The number of aromatic nitrogens is 1. The van der Waals surface area contributed by atoms with Crippen molar-refractivity contribution in [2.75, 3.05) is 5.32 Å². The van der Waals surface area contributed by atoms with Crippen molar-refractivity contribution in [2.24, 2.45) is 0 Å². The minimum absolute atomic E-state index is 0.0918. The van der Waals surface area contributed by atoms with Crippen LogP contribution in [-0.4, -0.2) is 17.3 Å². The van der Waals surface area contributed by atoms with Gasteiger partial charge in [0.2, 0.25) is 0 Å². The van der Waals surface area contributed by atoms with Crippen LogP contribution < -0.4 is 10.1 Å². The van der Waals surface area contributed by atoms with Crippen molar-refractivity contribution in [2.45, 2.75) is 6.36 Å². The Hall–Kier alpha value is -3.01. The summed E-state index contributed by atoms with van der Waals surface area (Å²) in [5, 5.41) is 4.21. The Morgan fingerprint density at radius 3 is 2.37 bits per heavy atom. The van der Waals surface area contributed by atoms with Crippen molar-refractivity contribution in [1.82, 2.24) is 4.98 Å². The number of halogens is 5. The minimum atomic E-state index is -4.82. The van der Waals surface area contributed by atoms with Gasteiger partial charge in [0.05, 0.1) is 5.69 Å². The lowest BCUT2D eigenvalue weighted by atomic mass is 10.2. The van der Waals surface area contributed by atoms with Gasteiger partial charge in [-0.1, -0.05) is 0 Å². The summed E-state index contributed by atoms with van der Waals surface area (Å²) in [6, 6.07) is 7.65. The molecule has 4 nitrogen and oxygen atoms in total. The molecule has 0 fully saturated rings. The van der Waals surface area contributed by atoms with E-state index < -0.39 is 29.7 Å². The standard InChI is InChI=1S/C17H9F5N2O2S/c18-12-6-3-10(7-13(12)19)14-8-27-16(23-14)24-15(25)9-1-4-11(5-2-9)26-17(20,21)22/h1-8H,(H,23,24,25). The van der Waals surface area contributed by atoms with E-state index in [1.165, 1.54) is 18.2 Å². The maximum Gasteiger partial charge on any atom is 0.573 e. The molecule has 0 aliphatic heterocycles. The van der Waals surface area contributed by atoms with Gasteiger partial charge in [-0.05, 0) is 42.5 Å². The molecule has 1 heterocycles. The van der Waals surface area contributed by atoms with Gasteiger partial charge < -0.3 is 4.74 Å². The van der Waals surface area contributed by atoms with Crippen LogP contribution in [-0.2, 0) is 0 Å². The van der Waals surface area contributed by atoms with Gasteiger partial charge in [-0.25, -0.2) is 13.8 Å². The van der Waals surface area contributed by atoms with E-state index in [0.29, 0.717) is 11.3 Å². The van der Waals surface area contributed by atoms with E-state index in [1.807, 2.05) is 0 Å². The van der Waals surface area contributed by atoms with Crippen LogP contribution in [0.1, 0.15) is 10.4 Å². The summed E-state index contributed by atoms with van der Waals surface area (Å²) in [6.07, 6.45) is -4.82. The van der Waals surface area contributed by atoms with E-state index in [1.54, 1.807) is 5.38 Å². The normalized spacial score (nSPS) is 11.3. The second kappa shape index (κ2) is 7.31. The number of hydrogen-bond acceptors (Lipinski definition) is 4. The monoisotopic (exact) mass is 400 g/mol. The van der Waals surface area contributed by atoms with E-state index >= 15 is 0 Å². The lowest BCUT2D eigenvalue weighted by molar-refractivity contribution is -0.274. The highest BCUT2D eigenvalue weighted by atomic mass is 32.1. The van der Waals surface area contributed by atoms with Crippen LogP contribution in [0.25, 0.3) is 11.3 Å². The van der Waals surface area contributed by atoms with Gasteiger partial charge in [-0.2, -0.15) is 0 Å². The molecular weight excluding hydrogens is 391 g/mol. The maximum atomic E-state index is 13.3. The smallest absolute Gasteiger partial charge is 0.406 e. The molecule has 10 heteroatoms. The fourth-order valence-electron chi connectivity index (χ4n) is 2.10. The summed E-state index contributed by atoms with van der Waals surface area (Å²) >= 11 is 1.06. The molecule has 1 amide bonds. The zero-order valence-electron chi connectivity index (χ0n) is 13.2. The average Bonchev–Trinajstić information content (AvgIpc) is 3.05. The Balaban J connectivity index is 1.69. The van der Waals surface area contributed by atoms with Crippen molar-refractivity contribution in [3.63, 3.8) is 0 Å². The van der Waals surface area contributed by atoms with E-state index in [-0.39, 0.29) is 10.7 Å². The molecule has 0 aliphatic carbocycles. The predicted molar refractivity (Wildman–Crippen MR) is 88.5 cm³/mol. The fourth-order valence-corrected chi connectivity index (χ4v) is 2.81. The van der Waals surface area contributed by atoms with Crippen LogP contribution in [0.15, 0.2) is 47.8 Å². The molecule has 3 rings (SSSR count). The Morgan fingerprint density at radius 2 is 1.74 bits per heavy atom. The number of nitrogens with one attached hydrogen (secondary N) is 1. The summed E-state index contributed by atoms with van der Waals surface area (Å²) in [7, 11) is 0. The second-order valence-corrected chi connectivity index (χ2v) is 6.05. The van der Waals surface area contributed by atoms with Gasteiger partial charge in [0.1, 0.15) is 5.75 Å². The second-order valence-electron chi connectivity index (χ2n) is 5.19. The van der Waals surface area contributed by atoms with Crippen molar-refractivity contribution < 1.29 is 31.5 Å². The zero-order chi connectivity index (χ0) is 19.6. The lowest BCUT2D eigenvalue weighted by Crippen LogP contribution is -2.17. The van der Waals surface area contributed by atoms with Gasteiger partial charge in [-0.3, -0.25) is 10.1 Å². The molecule has 0 radical (unpaired) electrons. The van der Waals surface area contributed by atoms with Crippen molar-refractivity contribution >= 4 is 22.4 Å². The first kappa shape index (κ1) is 18.8. The minimum Gasteiger partial charge on any atom is -0.406 e. The highest BCUT2D eigenvalue weighted by Gasteiger charge is 2.31. The number of rotatable bonds is 4. The number of ether oxygens (including phenoxy) is 1. The third kappa shape index (κ3) is 4.79. The number of nitrogens with zero attached hydrogens (tertiary/aromatic N) is 1. The number of thiazole rings is 1.